The van der Waals surface area contributed by atoms with E-state index in [2.05, 4.69) is 33.7 Å². The van der Waals surface area contributed by atoms with Gasteiger partial charge in [0.2, 0.25) is 5.90 Å². The molecule has 0 radical (unpaired) electrons. The summed E-state index contributed by atoms with van der Waals surface area (Å²) >= 11 is 3.51. The number of rotatable bonds is 14. The number of ether oxygens (including phenoxy) is 2. The molecule has 7 nitrogen and oxygen atoms in total. The normalized spacial score (nSPS) is 18.4. The number of aliphatic hydroxyl groups excluding tert-OH is 1. The van der Waals surface area contributed by atoms with Crippen LogP contribution in [0.4, 0.5) is 0 Å². The molecule has 0 fully saturated rings. The van der Waals surface area contributed by atoms with Crippen LogP contribution in [0.15, 0.2) is 94.4 Å². The zero-order valence-electron chi connectivity index (χ0n) is 22.7. The van der Waals surface area contributed by atoms with Gasteiger partial charge in [-0.1, -0.05) is 83.9 Å². The number of nitrogens with zero attached hydrogens (tertiary/aromatic N) is 1. The van der Waals surface area contributed by atoms with Gasteiger partial charge in [0, 0.05) is 36.0 Å². The van der Waals surface area contributed by atoms with Crippen molar-refractivity contribution >= 4 is 33.8 Å². The number of hydrogen-bond acceptors (Lipinski definition) is 6. The molecule has 0 saturated carbocycles. The van der Waals surface area contributed by atoms with Gasteiger partial charge in [-0.25, -0.2) is 10.4 Å². The molecule has 1 amide bonds. The van der Waals surface area contributed by atoms with Crippen molar-refractivity contribution in [2.24, 2.45) is 4.99 Å². The Labute approximate surface area is 244 Å². The minimum absolute atomic E-state index is 0.0797. The molecule has 3 aromatic rings. The van der Waals surface area contributed by atoms with E-state index in [1.54, 1.807) is 0 Å². The third-order valence-electron chi connectivity index (χ3n) is 6.60. The lowest BCUT2D eigenvalue weighted by Crippen LogP contribution is -2.52. The zero-order valence-corrected chi connectivity index (χ0v) is 24.3. The van der Waals surface area contributed by atoms with Crippen molar-refractivity contribution in [1.82, 2.24) is 10.9 Å². The van der Waals surface area contributed by atoms with Crippen LogP contribution in [0, 0.1) is 0 Å². The summed E-state index contributed by atoms with van der Waals surface area (Å²) in [5, 5.41) is 9.01. The lowest BCUT2D eigenvalue weighted by molar-refractivity contribution is -0.129. The fraction of sp³-hybridized carbons (Fsp3) is 0.312. The Morgan fingerprint density at radius 1 is 1.07 bits per heavy atom. The van der Waals surface area contributed by atoms with Gasteiger partial charge in [0.05, 0.1) is 6.61 Å². The molecule has 4 rings (SSSR count). The Bertz CT molecular complexity index is 1280. The number of benzene rings is 3. The van der Waals surface area contributed by atoms with Crippen LogP contribution in [-0.2, 0) is 9.53 Å². The second kappa shape index (κ2) is 14.8. The zero-order chi connectivity index (χ0) is 28.2. The monoisotopic (exact) mass is 605 g/mol. The molecular weight excluding hydrogens is 570 g/mol. The van der Waals surface area contributed by atoms with Gasteiger partial charge in [-0.2, -0.15) is 0 Å². The fourth-order valence-corrected chi connectivity index (χ4v) is 4.67. The number of nitrogens with one attached hydrogen (secondary N) is 2. The van der Waals surface area contributed by atoms with Gasteiger partial charge < -0.3 is 14.6 Å². The molecule has 3 aromatic carbocycles. The average molecular weight is 607 g/mol. The maximum atomic E-state index is 14.0. The maximum absolute atomic E-state index is 14.0. The Kier molecular flexibility index (Phi) is 10.9. The Balaban J connectivity index is 1.70. The van der Waals surface area contributed by atoms with Crippen LogP contribution in [0.3, 0.4) is 0 Å². The van der Waals surface area contributed by atoms with Gasteiger partial charge in [0.25, 0.3) is 5.91 Å². The SMILES string of the molecule is CCCCNNC(=O)[C@@]1(C/C=C/c2ccccc2)N=C(c2ccc(OCCCO)cc2)O[C@H]1c1ccc(Br)cc1. The minimum Gasteiger partial charge on any atom is -0.494 e. The van der Waals surface area contributed by atoms with E-state index in [9.17, 15) is 4.79 Å². The van der Waals surface area contributed by atoms with Crippen LogP contribution >= 0.6 is 15.9 Å². The molecule has 40 heavy (non-hydrogen) atoms. The van der Waals surface area contributed by atoms with Crippen molar-refractivity contribution < 1.29 is 19.4 Å². The lowest BCUT2D eigenvalue weighted by Gasteiger charge is -2.30. The summed E-state index contributed by atoms with van der Waals surface area (Å²) in [6.07, 6.45) is 6.19. The van der Waals surface area contributed by atoms with Crippen LogP contribution in [-0.4, -0.2) is 42.2 Å². The van der Waals surface area contributed by atoms with Crippen LogP contribution in [0.5, 0.6) is 5.75 Å². The summed E-state index contributed by atoms with van der Waals surface area (Å²) in [7, 11) is 0. The van der Waals surface area contributed by atoms with Gasteiger partial charge in [0.1, 0.15) is 5.75 Å². The van der Waals surface area contributed by atoms with Crippen LogP contribution in [0.2, 0.25) is 0 Å². The van der Waals surface area contributed by atoms with Gasteiger partial charge in [-0.15, -0.1) is 0 Å². The molecule has 0 aliphatic carbocycles. The largest absolute Gasteiger partial charge is 0.494 e. The third-order valence-corrected chi connectivity index (χ3v) is 7.13. The summed E-state index contributed by atoms with van der Waals surface area (Å²) in [5.74, 6) is 0.829. The molecule has 210 valence electrons. The van der Waals surface area contributed by atoms with Crippen molar-refractivity contribution in [2.75, 3.05) is 19.8 Å². The van der Waals surface area contributed by atoms with E-state index >= 15 is 0 Å². The highest BCUT2D eigenvalue weighted by atomic mass is 79.9. The molecule has 0 unspecified atom stereocenters. The van der Waals surface area contributed by atoms with E-state index in [1.807, 2.05) is 91.0 Å². The van der Waals surface area contributed by atoms with Crippen molar-refractivity contribution in [3.05, 3.63) is 106 Å². The van der Waals surface area contributed by atoms with Gasteiger partial charge >= 0.3 is 0 Å². The smallest absolute Gasteiger partial charge is 0.266 e. The van der Waals surface area contributed by atoms with Gasteiger partial charge in [0.15, 0.2) is 11.6 Å². The average Bonchev–Trinajstić information content (AvgIpc) is 3.37. The molecule has 0 aromatic heterocycles. The highest BCUT2D eigenvalue weighted by Gasteiger charge is 2.52. The highest BCUT2D eigenvalue weighted by molar-refractivity contribution is 9.10. The molecule has 0 bridgehead atoms. The maximum Gasteiger partial charge on any atom is 0.266 e. The van der Waals surface area contributed by atoms with Crippen LogP contribution < -0.4 is 15.6 Å². The first-order chi connectivity index (χ1) is 19.6. The van der Waals surface area contributed by atoms with E-state index in [0.29, 0.717) is 37.6 Å². The minimum atomic E-state index is -1.25. The van der Waals surface area contributed by atoms with Crippen molar-refractivity contribution in [2.45, 2.75) is 44.2 Å². The summed E-state index contributed by atoms with van der Waals surface area (Å²) in [6, 6.07) is 25.2. The standard InChI is InChI=1S/C32H36BrN3O4/c1-2-3-21-34-36-31(38)32(20-7-11-24-9-5-4-6-10-24)29(25-12-16-27(33)17-13-25)40-30(35-32)26-14-18-28(19-15-26)39-23-8-22-37/h4-7,9-19,29,34,37H,2-3,8,20-23H2,1H3,(H,36,38)/b11-7+/t29-,32-/m0/s1. The second-order valence-corrected chi connectivity index (χ2v) is 10.5. The van der Waals surface area contributed by atoms with E-state index in [0.717, 1.165) is 34.0 Å². The summed E-state index contributed by atoms with van der Waals surface area (Å²) in [6.45, 7) is 3.28. The van der Waals surface area contributed by atoms with Crippen molar-refractivity contribution in [1.29, 1.82) is 0 Å². The number of amides is 1. The molecule has 8 heteroatoms. The van der Waals surface area contributed by atoms with Crippen LogP contribution in [0.25, 0.3) is 6.08 Å². The number of aliphatic imine (C=N–C) groups is 1. The number of carbonyl (C=O) groups excluding carboxylic acids is 1. The summed E-state index contributed by atoms with van der Waals surface area (Å²) in [5.41, 5.74) is 7.38. The first kappa shape index (κ1) is 29.5. The predicted molar refractivity (Wildman–Crippen MR) is 162 cm³/mol. The second-order valence-electron chi connectivity index (χ2n) is 9.59. The number of aliphatic hydroxyl groups is 1. The number of halogens is 1. The molecular formula is C32H36BrN3O4. The van der Waals surface area contributed by atoms with Crippen molar-refractivity contribution in [3.8, 4) is 5.75 Å². The third kappa shape index (κ3) is 7.59. The van der Waals surface area contributed by atoms with E-state index in [1.165, 1.54) is 0 Å². The summed E-state index contributed by atoms with van der Waals surface area (Å²) < 4.78 is 13.1. The number of hydrazine groups is 1. The molecule has 2 atom stereocenters. The topological polar surface area (TPSA) is 92.2 Å². The lowest BCUT2D eigenvalue weighted by atomic mass is 9.84. The van der Waals surface area contributed by atoms with Gasteiger partial charge in [-0.3, -0.25) is 10.2 Å². The number of unbranched alkanes of at least 4 members (excludes halogenated alkanes) is 1. The van der Waals surface area contributed by atoms with E-state index in [-0.39, 0.29) is 12.5 Å². The molecule has 3 N–H and O–H groups in total. The van der Waals surface area contributed by atoms with E-state index < -0.39 is 11.6 Å². The van der Waals surface area contributed by atoms with E-state index in [4.69, 9.17) is 19.6 Å². The summed E-state index contributed by atoms with van der Waals surface area (Å²) in [4.78, 5) is 19.0. The fourth-order valence-electron chi connectivity index (χ4n) is 4.41. The molecule has 1 aliphatic rings. The predicted octanol–water partition coefficient (Wildman–Crippen LogP) is 5.99. The number of carbonyl (C=O) groups is 1. The molecule has 1 heterocycles. The Morgan fingerprint density at radius 2 is 1.82 bits per heavy atom. The van der Waals surface area contributed by atoms with Gasteiger partial charge in [-0.05, 0) is 53.9 Å². The first-order valence-electron chi connectivity index (χ1n) is 13.7. The first-order valence-corrected chi connectivity index (χ1v) is 14.5. The quantitative estimate of drug-likeness (QED) is 0.155. The molecule has 0 saturated heterocycles. The Hall–Kier alpha value is -3.46. The Morgan fingerprint density at radius 3 is 2.52 bits per heavy atom. The number of hydrogen-bond donors (Lipinski definition) is 3. The van der Waals surface area contributed by atoms with Crippen molar-refractivity contribution in [3.63, 3.8) is 0 Å². The highest BCUT2D eigenvalue weighted by Crippen LogP contribution is 2.43. The molecule has 1 aliphatic heterocycles. The molecule has 0 spiro atoms. The van der Waals surface area contributed by atoms with Crippen LogP contribution in [0.1, 0.15) is 55.4 Å².